The largest absolute Gasteiger partial charge is 0.392 e. The molecule has 0 aliphatic rings. The molecule has 102 valence electrons. The van der Waals surface area contributed by atoms with Gasteiger partial charge in [0, 0.05) is 12.6 Å². The molecule has 2 atom stereocenters. The summed E-state index contributed by atoms with van der Waals surface area (Å²) in [6, 6.07) is 0.212. The maximum Gasteiger partial charge on any atom is 0.234 e. The molecule has 0 fully saturated rings. The zero-order valence-corrected chi connectivity index (χ0v) is 11.8. The molecule has 0 saturated heterocycles. The minimum atomic E-state index is -0.397. The van der Waals surface area contributed by atoms with Gasteiger partial charge >= 0.3 is 0 Å². The summed E-state index contributed by atoms with van der Waals surface area (Å²) in [6.45, 7) is 11.0. The molecular formula is C13H28N2O2. The van der Waals surface area contributed by atoms with E-state index >= 15 is 0 Å². The molecule has 0 spiro atoms. The van der Waals surface area contributed by atoms with E-state index in [1.807, 2.05) is 13.8 Å². The summed E-state index contributed by atoms with van der Waals surface area (Å²) >= 11 is 0. The van der Waals surface area contributed by atoms with Gasteiger partial charge in [-0.25, -0.2) is 0 Å². The monoisotopic (exact) mass is 244 g/mol. The highest BCUT2D eigenvalue weighted by molar-refractivity contribution is 5.78. The van der Waals surface area contributed by atoms with Crippen LogP contribution in [0.25, 0.3) is 0 Å². The van der Waals surface area contributed by atoms with E-state index in [0.717, 1.165) is 12.8 Å². The Kier molecular flexibility index (Phi) is 7.39. The van der Waals surface area contributed by atoms with Gasteiger partial charge in [-0.3, -0.25) is 4.79 Å². The number of amides is 1. The van der Waals surface area contributed by atoms with E-state index < -0.39 is 6.10 Å². The van der Waals surface area contributed by atoms with E-state index in [2.05, 4.69) is 31.4 Å². The van der Waals surface area contributed by atoms with Gasteiger partial charge in [-0.15, -0.1) is 0 Å². The Morgan fingerprint density at radius 2 is 1.94 bits per heavy atom. The number of carbonyl (C=O) groups excluding carboxylic acids is 1. The van der Waals surface area contributed by atoms with Gasteiger partial charge in [0.2, 0.25) is 5.91 Å². The lowest BCUT2D eigenvalue weighted by atomic mass is 9.89. The van der Waals surface area contributed by atoms with E-state index in [-0.39, 0.29) is 23.9 Å². The molecule has 0 aromatic carbocycles. The van der Waals surface area contributed by atoms with Crippen LogP contribution in [0.15, 0.2) is 0 Å². The second kappa shape index (κ2) is 7.67. The van der Waals surface area contributed by atoms with Gasteiger partial charge in [0.05, 0.1) is 12.6 Å². The van der Waals surface area contributed by atoms with Crippen LogP contribution < -0.4 is 10.6 Å². The van der Waals surface area contributed by atoms with Crippen LogP contribution in [0.3, 0.4) is 0 Å². The second-order valence-corrected chi connectivity index (χ2v) is 5.93. The van der Waals surface area contributed by atoms with Crippen molar-refractivity contribution in [1.82, 2.24) is 10.6 Å². The molecule has 0 aromatic heterocycles. The van der Waals surface area contributed by atoms with Crippen molar-refractivity contribution in [1.29, 1.82) is 0 Å². The summed E-state index contributed by atoms with van der Waals surface area (Å²) in [5, 5.41) is 15.6. The minimum Gasteiger partial charge on any atom is -0.392 e. The Morgan fingerprint density at radius 1 is 1.35 bits per heavy atom. The molecule has 4 nitrogen and oxygen atoms in total. The van der Waals surface area contributed by atoms with Crippen molar-refractivity contribution >= 4 is 5.91 Å². The smallest absolute Gasteiger partial charge is 0.234 e. The van der Waals surface area contributed by atoms with Crippen LogP contribution in [0.1, 0.15) is 47.5 Å². The summed E-state index contributed by atoms with van der Waals surface area (Å²) in [5.74, 6) is -0.0118. The number of hydrogen-bond acceptors (Lipinski definition) is 3. The fourth-order valence-electron chi connectivity index (χ4n) is 1.56. The Morgan fingerprint density at radius 3 is 2.41 bits per heavy atom. The van der Waals surface area contributed by atoms with E-state index in [4.69, 9.17) is 0 Å². The maximum atomic E-state index is 11.4. The van der Waals surface area contributed by atoms with Crippen LogP contribution in [-0.4, -0.2) is 36.2 Å². The number of carbonyl (C=O) groups is 1. The first-order valence-corrected chi connectivity index (χ1v) is 6.42. The maximum absolute atomic E-state index is 11.4. The topological polar surface area (TPSA) is 61.4 Å². The number of aliphatic hydroxyl groups is 1. The summed E-state index contributed by atoms with van der Waals surface area (Å²) in [6.07, 6.45) is 1.26. The van der Waals surface area contributed by atoms with Crippen LogP contribution in [0.5, 0.6) is 0 Å². The van der Waals surface area contributed by atoms with Crippen LogP contribution in [-0.2, 0) is 4.79 Å². The van der Waals surface area contributed by atoms with E-state index in [9.17, 15) is 9.90 Å². The lowest BCUT2D eigenvalue weighted by Crippen LogP contribution is -2.41. The fourth-order valence-corrected chi connectivity index (χ4v) is 1.56. The lowest BCUT2D eigenvalue weighted by Gasteiger charge is -2.22. The van der Waals surface area contributed by atoms with E-state index in [1.54, 1.807) is 0 Å². The molecule has 1 amide bonds. The highest BCUT2D eigenvalue weighted by atomic mass is 16.3. The van der Waals surface area contributed by atoms with Crippen molar-refractivity contribution in [3.05, 3.63) is 0 Å². The van der Waals surface area contributed by atoms with Crippen molar-refractivity contribution in [2.75, 3.05) is 13.1 Å². The Hall–Kier alpha value is -0.610. The predicted octanol–water partition coefficient (Wildman–Crippen LogP) is 1.29. The summed E-state index contributed by atoms with van der Waals surface area (Å²) in [5.41, 5.74) is 0.111. The number of nitrogens with one attached hydrogen (secondary N) is 2. The first kappa shape index (κ1) is 16.4. The fraction of sp³-hybridized carbons (Fsp3) is 0.923. The van der Waals surface area contributed by atoms with Crippen LogP contribution >= 0.6 is 0 Å². The van der Waals surface area contributed by atoms with Gasteiger partial charge in [-0.05, 0) is 25.2 Å². The van der Waals surface area contributed by atoms with Crippen LogP contribution in [0.4, 0.5) is 0 Å². The number of aliphatic hydroxyl groups excluding tert-OH is 1. The van der Waals surface area contributed by atoms with Gasteiger partial charge in [-0.1, -0.05) is 27.7 Å². The Balaban J connectivity index is 3.66. The van der Waals surface area contributed by atoms with Crippen molar-refractivity contribution in [3.8, 4) is 0 Å². The van der Waals surface area contributed by atoms with Gasteiger partial charge in [-0.2, -0.15) is 0 Å². The van der Waals surface area contributed by atoms with E-state index in [1.165, 1.54) is 0 Å². The third-order valence-electron chi connectivity index (χ3n) is 2.53. The summed E-state index contributed by atoms with van der Waals surface area (Å²) in [7, 11) is 0. The third-order valence-corrected chi connectivity index (χ3v) is 2.53. The highest BCUT2D eigenvalue weighted by Crippen LogP contribution is 2.20. The molecule has 17 heavy (non-hydrogen) atoms. The average molecular weight is 244 g/mol. The van der Waals surface area contributed by atoms with Gasteiger partial charge in [0.25, 0.3) is 0 Å². The zero-order chi connectivity index (χ0) is 13.5. The minimum absolute atomic E-state index is 0.0118. The molecule has 0 heterocycles. The molecule has 0 aliphatic heterocycles. The second-order valence-electron chi connectivity index (χ2n) is 5.93. The van der Waals surface area contributed by atoms with E-state index in [0.29, 0.717) is 6.54 Å². The molecule has 0 bridgehead atoms. The van der Waals surface area contributed by atoms with Gasteiger partial charge in [0.15, 0.2) is 0 Å². The molecular weight excluding hydrogens is 216 g/mol. The third kappa shape index (κ3) is 10.3. The normalized spacial score (nSPS) is 15.4. The molecule has 4 heteroatoms. The molecule has 0 aromatic rings. The number of rotatable bonds is 7. The molecule has 3 N–H and O–H groups in total. The quantitative estimate of drug-likeness (QED) is 0.632. The molecule has 0 radical (unpaired) electrons. The summed E-state index contributed by atoms with van der Waals surface area (Å²) in [4.78, 5) is 11.4. The molecule has 2 unspecified atom stereocenters. The standard InChI is InChI=1S/C13H28N2O2/c1-6-10(2)15-12(17)9-14-8-11(16)7-13(3,4)5/h10-11,14,16H,6-9H2,1-5H3,(H,15,17). The van der Waals surface area contributed by atoms with Crippen LogP contribution in [0.2, 0.25) is 0 Å². The van der Waals surface area contributed by atoms with Crippen molar-refractivity contribution < 1.29 is 9.90 Å². The predicted molar refractivity (Wildman–Crippen MR) is 70.8 cm³/mol. The SMILES string of the molecule is CCC(C)NC(=O)CNCC(O)CC(C)(C)C. The van der Waals surface area contributed by atoms with Crippen molar-refractivity contribution in [3.63, 3.8) is 0 Å². The zero-order valence-electron chi connectivity index (χ0n) is 11.8. The van der Waals surface area contributed by atoms with Crippen molar-refractivity contribution in [2.45, 2.75) is 59.6 Å². The van der Waals surface area contributed by atoms with Gasteiger partial charge in [0.1, 0.15) is 0 Å². The first-order valence-electron chi connectivity index (χ1n) is 6.42. The molecule has 0 rings (SSSR count). The highest BCUT2D eigenvalue weighted by Gasteiger charge is 2.16. The summed E-state index contributed by atoms with van der Waals surface area (Å²) < 4.78 is 0. The molecule has 0 saturated carbocycles. The number of hydrogen-bond donors (Lipinski definition) is 3. The first-order chi connectivity index (χ1) is 7.74. The van der Waals surface area contributed by atoms with Crippen molar-refractivity contribution in [2.24, 2.45) is 5.41 Å². The average Bonchev–Trinajstić information content (AvgIpc) is 2.14. The van der Waals surface area contributed by atoms with Crippen LogP contribution in [0, 0.1) is 5.41 Å². The molecule has 0 aliphatic carbocycles. The Labute approximate surface area is 105 Å². The van der Waals surface area contributed by atoms with Gasteiger partial charge < -0.3 is 15.7 Å². The lowest BCUT2D eigenvalue weighted by molar-refractivity contribution is -0.120. The Bertz CT molecular complexity index is 224.